The van der Waals surface area contributed by atoms with Crippen LogP contribution in [0.25, 0.3) is 0 Å². The number of carbonyl (C=O) groups excluding carboxylic acids is 2. The summed E-state index contributed by atoms with van der Waals surface area (Å²) in [6, 6.07) is 6.69. The molecule has 0 aliphatic rings. The standard InChI is InChI=1S/C20H30O4/c1-5-10-16(7-3)24-20(22)18-12-9-8-11-17(18)19(21)23-14-13-15(4)6-2/h8-9,11-12,15-16H,5-7,10,13-14H2,1-4H3. The minimum atomic E-state index is -0.464. The molecule has 0 radical (unpaired) electrons. The van der Waals surface area contributed by atoms with Crippen molar-refractivity contribution >= 4 is 11.9 Å². The van der Waals surface area contributed by atoms with Crippen molar-refractivity contribution in [2.45, 2.75) is 65.9 Å². The highest BCUT2D eigenvalue weighted by Gasteiger charge is 2.21. The SMILES string of the molecule is CCCC(CC)OC(=O)c1ccccc1C(=O)OCCC(C)CC. The first-order valence-corrected chi connectivity index (χ1v) is 9.00. The topological polar surface area (TPSA) is 52.6 Å². The summed E-state index contributed by atoms with van der Waals surface area (Å²) in [5.41, 5.74) is 0.554. The quantitative estimate of drug-likeness (QED) is 0.564. The van der Waals surface area contributed by atoms with Crippen LogP contribution in [0.3, 0.4) is 0 Å². The molecule has 0 saturated carbocycles. The molecule has 1 aromatic rings. The van der Waals surface area contributed by atoms with E-state index < -0.39 is 11.9 Å². The lowest BCUT2D eigenvalue weighted by atomic mass is 10.1. The summed E-state index contributed by atoms with van der Waals surface area (Å²) in [6.45, 7) is 8.64. The van der Waals surface area contributed by atoms with Crippen molar-refractivity contribution in [2.24, 2.45) is 5.92 Å². The van der Waals surface area contributed by atoms with Gasteiger partial charge >= 0.3 is 11.9 Å². The predicted octanol–water partition coefficient (Wildman–Crippen LogP) is 5.02. The Hall–Kier alpha value is -1.84. The molecule has 0 spiro atoms. The Morgan fingerprint density at radius 1 is 0.958 bits per heavy atom. The van der Waals surface area contributed by atoms with E-state index >= 15 is 0 Å². The van der Waals surface area contributed by atoms with E-state index in [1.165, 1.54) is 0 Å². The predicted molar refractivity (Wildman–Crippen MR) is 95.2 cm³/mol. The van der Waals surface area contributed by atoms with Gasteiger partial charge in [0.25, 0.3) is 0 Å². The Bertz CT molecular complexity index is 524. The molecule has 0 fully saturated rings. The number of hydrogen-bond acceptors (Lipinski definition) is 4. The van der Waals surface area contributed by atoms with E-state index in [4.69, 9.17) is 9.47 Å². The van der Waals surface area contributed by atoms with Crippen molar-refractivity contribution in [3.05, 3.63) is 35.4 Å². The molecule has 0 bridgehead atoms. The van der Waals surface area contributed by atoms with Gasteiger partial charge in [-0.1, -0.05) is 52.7 Å². The van der Waals surface area contributed by atoms with Crippen molar-refractivity contribution < 1.29 is 19.1 Å². The van der Waals surface area contributed by atoms with Crippen LogP contribution in [0.15, 0.2) is 24.3 Å². The zero-order valence-corrected chi connectivity index (χ0v) is 15.3. The molecule has 4 heteroatoms. The summed E-state index contributed by atoms with van der Waals surface area (Å²) in [7, 11) is 0. The number of esters is 2. The van der Waals surface area contributed by atoms with Crippen LogP contribution in [0.2, 0.25) is 0 Å². The first-order valence-electron chi connectivity index (χ1n) is 9.00. The average molecular weight is 334 g/mol. The maximum absolute atomic E-state index is 12.4. The van der Waals surface area contributed by atoms with Gasteiger partial charge in [-0.15, -0.1) is 0 Å². The molecule has 0 aliphatic heterocycles. The fourth-order valence-electron chi connectivity index (χ4n) is 2.36. The Morgan fingerprint density at radius 3 is 2.12 bits per heavy atom. The van der Waals surface area contributed by atoms with Gasteiger partial charge in [-0.25, -0.2) is 9.59 Å². The maximum Gasteiger partial charge on any atom is 0.339 e. The number of carbonyl (C=O) groups is 2. The molecular formula is C20H30O4. The number of ether oxygens (including phenoxy) is 2. The zero-order chi connectivity index (χ0) is 17.9. The zero-order valence-electron chi connectivity index (χ0n) is 15.3. The van der Waals surface area contributed by atoms with Gasteiger partial charge in [0.1, 0.15) is 6.10 Å². The van der Waals surface area contributed by atoms with Crippen LogP contribution >= 0.6 is 0 Å². The molecule has 0 heterocycles. The second kappa shape index (κ2) is 10.8. The van der Waals surface area contributed by atoms with Gasteiger partial charge in [0, 0.05) is 0 Å². The molecule has 0 aliphatic carbocycles. The second-order valence-electron chi connectivity index (χ2n) is 6.21. The molecule has 2 atom stereocenters. The smallest absolute Gasteiger partial charge is 0.339 e. The highest BCUT2D eigenvalue weighted by Crippen LogP contribution is 2.16. The van der Waals surface area contributed by atoms with E-state index in [0.29, 0.717) is 12.5 Å². The first kappa shape index (κ1) is 20.2. The van der Waals surface area contributed by atoms with Gasteiger partial charge in [0.05, 0.1) is 17.7 Å². The lowest BCUT2D eigenvalue weighted by molar-refractivity contribution is 0.0261. The van der Waals surface area contributed by atoms with Gasteiger partial charge < -0.3 is 9.47 Å². The molecular weight excluding hydrogens is 304 g/mol. The summed E-state index contributed by atoms with van der Waals surface area (Å²) in [5, 5.41) is 0. The van der Waals surface area contributed by atoms with Crippen LogP contribution in [-0.2, 0) is 9.47 Å². The first-order chi connectivity index (χ1) is 11.5. The van der Waals surface area contributed by atoms with E-state index in [1.54, 1.807) is 24.3 Å². The third kappa shape index (κ3) is 6.34. The van der Waals surface area contributed by atoms with Gasteiger partial charge in [0.2, 0.25) is 0 Å². The third-order valence-electron chi connectivity index (χ3n) is 4.25. The molecule has 1 aromatic carbocycles. The summed E-state index contributed by atoms with van der Waals surface area (Å²) in [5.74, 6) is -0.406. The monoisotopic (exact) mass is 334 g/mol. The largest absolute Gasteiger partial charge is 0.462 e. The molecule has 1 rings (SSSR count). The summed E-state index contributed by atoms with van der Waals surface area (Å²) < 4.78 is 10.9. The van der Waals surface area contributed by atoms with Gasteiger partial charge in [-0.3, -0.25) is 0 Å². The van der Waals surface area contributed by atoms with Crippen molar-refractivity contribution in [1.29, 1.82) is 0 Å². The van der Waals surface area contributed by atoms with E-state index in [2.05, 4.69) is 20.8 Å². The van der Waals surface area contributed by atoms with Crippen LogP contribution < -0.4 is 0 Å². The van der Waals surface area contributed by atoms with Gasteiger partial charge in [-0.05, 0) is 37.3 Å². The number of hydrogen-bond donors (Lipinski definition) is 0. The fourth-order valence-corrected chi connectivity index (χ4v) is 2.36. The minimum Gasteiger partial charge on any atom is -0.462 e. The summed E-state index contributed by atoms with van der Waals surface area (Å²) in [6.07, 6.45) is 4.30. The second-order valence-corrected chi connectivity index (χ2v) is 6.21. The van der Waals surface area contributed by atoms with Crippen LogP contribution in [0.1, 0.15) is 80.5 Å². The molecule has 2 unspecified atom stereocenters. The van der Waals surface area contributed by atoms with E-state index in [1.807, 2.05) is 6.92 Å². The molecule has 134 valence electrons. The molecule has 24 heavy (non-hydrogen) atoms. The molecule has 0 saturated heterocycles. The molecule has 4 nitrogen and oxygen atoms in total. The van der Waals surface area contributed by atoms with Gasteiger partial charge in [0.15, 0.2) is 0 Å². The van der Waals surface area contributed by atoms with Crippen molar-refractivity contribution in [1.82, 2.24) is 0 Å². The summed E-state index contributed by atoms with van der Waals surface area (Å²) >= 11 is 0. The molecule has 0 N–H and O–H groups in total. The molecule has 0 aromatic heterocycles. The highest BCUT2D eigenvalue weighted by molar-refractivity contribution is 6.03. The fraction of sp³-hybridized carbons (Fsp3) is 0.600. The lowest BCUT2D eigenvalue weighted by Gasteiger charge is -2.16. The maximum atomic E-state index is 12.4. The number of rotatable bonds is 10. The van der Waals surface area contributed by atoms with E-state index in [9.17, 15) is 9.59 Å². The Balaban J connectivity index is 2.76. The van der Waals surface area contributed by atoms with Crippen LogP contribution in [0.5, 0.6) is 0 Å². The van der Waals surface area contributed by atoms with Crippen molar-refractivity contribution in [2.75, 3.05) is 6.61 Å². The third-order valence-corrected chi connectivity index (χ3v) is 4.25. The van der Waals surface area contributed by atoms with Gasteiger partial charge in [-0.2, -0.15) is 0 Å². The van der Waals surface area contributed by atoms with Crippen molar-refractivity contribution in [3.8, 4) is 0 Å². The minimum absolute atomic E-state index is 0.114. The normalized spacial score (nSPS) is 13.2. The summed E-state index contributed by atoms with van der Waals surface area (Å²) in [4.78, 5) is 24.7. The van der Waals surface area contributed by atoms with Crippen LogP contribution in [0, 0.1) is 5.92 Å². The van der Waals surface area contributed by atoms with E-state index in [-0.39, 0.29) is 17.2 Å². The lowest BCUT2D eigenvalue weighted by Crippen LogP contribution is -2.20. The van der Waals surface area contributed by atoms with E-state index in [0.717, 1.165) is 32.1 Å². The van der Waals surface area contributed by atoms with Crippen molar-refractivity contribution in [3.63, 3.8) is 0 Å². The van der Waals surface area contributed by atoms with Crippen LogP contribution in [-0.4, -0.2) is 24.6 Å². The Morgan fingerprint density at radius 2 is 1.58 bits per heavy atom. The van der Waals surface area contributed by atoms with Crippen LogP contribution in [0.4, 0.5) is 0 Å². The Kier molecular flexibility index (Phi) is 9.13. The molecule has 0 amide bonds. The number of benzene rings is 1. The Labute approximate surface area is 145 Å². The average Bonchev–Trinajstić information content (AvgIpc) is 2.60. The highest BCUT2D eigenvalue weighted by atomic mass is 16.5.